The Morgan fingerprint density at radius 1 is 0.441 bits per heavy atom. The number of hydrogen-bond acceptors (Lipinski definition) is 1. The van der Waals surface area contributed by atoms with Gasteiger partial charge in [-0.15, -0.1) is 0 Å². The monoisotopic (exact) mass is 777 g/mol. The van der Waals surface area contributed by atoms with Crippen molar-refractivity contribution in [3.63, 3.8) is 0 Å². The van der Waals surface area contributed by atoms with Gasteiger partial charge < -0.3 is 8.98 Å². The van der Waals surface area contributed by atoms with E-state index in [2.05, 4.69) is 214 Å². The van der Waals surface area contributed by atoms with Crippen LogP contribution in [0, 0.1) is 0 Å². The molecule has 0 saturated carbocycles. The molecule has 0 saturated heterocycles. The lowest BCUT2D eigenvalue weighted by Gasteiger charge is -2.43. The molecule has 0 amide bonds. The third kappa shape index (κ3) is 5.45. The van der Waals surface area contributed by atoms with Crippen LogP contribution in [-0.4, -0.2) is 12.6 Å². The molecule has 286 valence electrons. The van der Waals surface area contributed by atoms with E-state index in [0.29, 0.717) is 0 Å². The Morgan fingerprint density at radius 2 is 1.03 bits per heavy atom. The van der Waals surface area contributed by atoms with E-state index < -0.39 is 8.07 Å². The number of furan rings is 1. The number of rotatable bonds is 6. The number of hydrogen-bond donors (Lipinski definition) is 0. The molecule has 0 bridgehead atoms. The standard InChI is InChI=1S/C56H47NOSi/c1-55(2)33-34-56(3,4)50-37-43(30-32-49(50)55)59(40-18-7-5-8-19-40,41-20-9-6-10-21-41)42-22-15-17-39(36-42)57-51-27-13-11-23-45(51)46-31-29-38(35-52(46)57)44-25-16-26-48-47-24-12-14-28-53(47)58-54(44)48/h5-32,35-37H,33-34H2,1-4H3. The number of benzene rings is 8. The minimum atomic E-state index is -2.88. The first kappa shape index (κ1) is 35.7. The van der Waals surface area contributed by atoms with E-state index in [9.17, 15) is 0 Å². The van der Waals surface area contributed by atoms with Crippen molar-refractivity contribution in [3.05, 3.63) is 199 Å². The molecule has 0 atom stereocenters. The molecule has 10 aromatic rings. The Labute approximate surface area is 347 Å². The predicted molar refractivity (Wildman–Crippen MR) is 252 cm³/mol. The Balaban J connectivity index is 1.18. The third-order valence-corrected chi connectivity index (χ3v) is 18.4. The van der Waals surface area contributed by atoms with Crippen LogP contribution < -0.4 is 20.7 Å². The fourth-order valence-electron chi connectivity index (χ4n) is 10.5. The van der Waals surface area contributed by atoms with Crippen LogP contribution in [0.4, 0.5) is 0 Å². The van der Waals surface area contributed by atoms with Gasteiger partial charge >= 0.3 is 0 Å². The number of aromatic nitrogens is 1. The summed E-state index contributed by atoms with van der Waals surface area (Å²) in [5, 5.41) is 10.3. The molecule has 0 spiro atoms. The Hall–Kier alpha value is -6.42. The average Bonchev–Trinajstić information content (AvgIpc) is 3.82. The maximum atomic E-state index is 6.56. The molecule has 0 unspecified atom stereocenters. The summed E-state index contributed by atoms with van der Waals surface area (Å²) in [7, 11) is -2.88. The highest BCUT2D eigenvalue weighted by Crippen LogP contribution is 2.45. The highest BCUT2D eigenvalue weighted by atomic mass is 28.3. The summed E-state index contributed by atoms with van der Waals surface area (Å²) < 4.78 is 9.05. The van der Waals surface area contributed by atoms with Crippen LogP contribution in [0.1, 0.15) is 51.7 Å². The van der Waals surface area contributed by atoms with Crippen LogP contribution in [0.3, 0.4) is 0 Å². The Kier molecular flexibility index (Phi) is 8.06. The quantitative estimate of drug-likeness (QED) is 0.121. The Morgan fingerprint density at radius 3 is 1.80 bits per heavy atom. The van der Waals surface area contributed by atoms with Crippen LogP contribution in [0.5, 0.6) is 0 Å². The Bertz CT molecular complexity index is 3180. The maximum Gasteiger partial charge on any atom is 0.179 e. The first-order valence-corrected chi connectivity index (χ1v) is 23.1. The van der Waals surface area contributed by atoms with Gasteiger partial charge in [-0.25, -0.2) is 0 Å². The van der Waals surface area contributed by atoms with Crippen molar-refractivity contribution in [3.8, 4) is 16.8 Å². The molecule has 2 heterocycles. The molecule has 0 N–H and O–H groups in total. The van der Waals surface area contributed by atoms with Crippen molar-refractivity contribution < 1.29 is 4.42 Å². The van der Waals surface area contributed by atoms with Crippen molar-refractivity contribution in [2.75, 3.05) is 0 Å². The number of nitrogens with zero attached hydrogens (tertiary/aromatic N) is 1. The smallest absolute Gasteiger partial charge is 0.179 e. The van der Waals surface area contributed by atoms with Gasteiger partial charge in [-0.2, -0.15) is 0 Å². The van der Waals surface area contributed by atoms with Crippen LogP contribution >= 0.6 is 0 Å². The molecule has 1 aliphatic rings. The zero-order chi connectivity index (χ0) is 39.9. The average molecular weight is 778 g/mol. The summed E-state index contributed by atoms with van der Waals surface area (Å²) in [6, 6.07) is 70.5. The van der Waals surface area contributed by atoms with E-state index in [-0.39, 0.29) is 10.8 Å². The lowest BCUT2D eigenvalue weighted by molar-refractivity contribution is 0.332. The first-order chi connectivity index (χ1) is 28.7. The zero-order valence-electron chi connectivity index (χ0n) is 34.2. The van der Waals surface area contributed by atoms with Crippen molar-refractivity contribution in [2.45, 2.75) is 51.4 Å². The van der Waals surface area contributed by atoms with Crippen molar-refractivity contribution in [1.29, 1.82) is 0 Å². The molecular weight excluding hydrogens is 731 g/mol. The summed E-state index contributed by atoms with van der Waals surface area (Å²) in [6.45, 7) is 9.75. The highest BCUT2D eigenvalue weighted by molar-refractivity contribution is 7.19. The van der Waals surface area contributed by atoms with Gasteiger partial charge in [0.05, 0.1) is 11.0 Å². The van der Waals surface area contributed by atoms with E-state index in [4.69, 9.17) is 4.42 Å². The lowest BCUT2D eigenvalue weighted by atomic mass is 9.63. The summed E-state index contributed by atoms with van der Waals surface area (Å²) in [6.07, 6.45) is 2.38. The van der Waals surface area contributed by atoms with E-state index in [0.717, 1.165) is 38.8 Å². The van der Waals surface area contributed by atoms with Crippen LogP contribution in [0.15, 0.2) is 192 Å². The molecule has 3 heteroatoms. The molecular formula is C56H47NOSi. The van der Waals surface area contributed by atoms with Gasteiger partial charge in [0.25, 0.3) is 0 Å². The molecule has 0 aliphatic heterocycles. The topological polar surface area (TPSA) is 18.1 Å². The van der Waals surface area contributed by atoms with E-state index >= 15 is 0 Å². The summed E-state index contributed by atoms with van der Waals surface area (Å²) in [5.74, 6) is 0. The van der Waals surface area contributed by atoms with Crippen LogP contribution in [-0.2, 0) is 10.8 Å². The van der Waals surface area contributed by atoms with Gasteiger partial charge in [0.2, 0.25) is 0 Å². The van der Waals surface area contributed by atoms with Crippen molar-refractivity contribution >= 4 is 72.6 Å². The molecule has 0 fully saturated rings. The van der Waals surface area contributed by atoms with Gasteiger partial charge in [-0.05, 0) is 91.4 Å². The van der Waals surface area contributed by atoms with Crippen molar-refractivity contribution in [2.24, 2.45) is 0 Å². The second kappa shape index (κ2) is 13.3. The van der Waals surface area contributed by atoms with E-state index in [1.165, 1.54) is 66.5 Å². The second-order valence-electron chi connectivity index (χ2n) is 17.9. The van der Waals surface area contributed by atoms with Gasteiger partial charge in [0, 0.05) is 32.8 Å². The van der Waals surface area contributed by atoms with Crippen molar-refractivity contribution in [1.82, 2.24) is 4.57 Å². The normalized spacial score (nSPS) is 14.9. The van der Waals surface area contributed by atoms with Gasteiger partial charge in [-0.1, -0.05) is 185 Å². The molecule has 8 aromatic carbocycles. The SMILES string of the molecule is CC1(C)CCC(C)(C)c2cc([Si](c3ccccc3)(c3ccccc3)c3cccc(-n4c5ccccc5c5ccc(-c6cccc7c6oc6ccccc67)cc54)c3)ccc21. The summed E-state index contributed by atoms with van der Waals surface area (Å²) in [5.41, 5.74) is 10.8. The zero-order valence-corrected chi connectivity index (χ0v) is 35.2. The van der Waals surface area contributed by atoms with Gasteiger partial charge in [0.15, 0.2) is 8.07 Å². The number of para-hydroxylation sites is 3. The lowest BCUT2D eigenvalue weighted by Crippen LogP contribution is -2.75. The first-order valence-electron chi connectivity index (χ1n) is 21.1. The maximum absolute atomic E-state index is 6.56. The highest BCUT2D eigenvalue weighted by Gasteiger charge is 2.44. The molecule has 11 rings (SSSR count). The summed E-state index contributed by atoms with van der Waals surface area (Å²) >= 11 is 0. The van der Waals surface area contributed by atoms with E-state index in [1.807, 2.05) is 6.07 Å². The summed E-state index contributed by atoms with van der Waals surface area (Å²) in [4.78, 5) is 0. The van der Waals surface area contributed by atoms with Gasteiger partial charge in [0.1, 0.15) is 11.2 Å². The van der Waals surface area contributed by atoms with Crippen LogP contribution in [0.2, 0.25) is 0 Å². The third-order valence-electron chi connectivity index (χ3n) is 13.6. The molecule has 1 aliphatic carbocycles. The minimum Gasteiger partial charge on any atom is -0.455 e. The van der Waals surface area contributed by atoms with Crippen LogP contribution in [0.25, 0.3) is 60.6 Å². The fraction of sp³-hybridized carbons (Fsp3) is 0.143. The predicted octanol–water partition coefficient (Wildman–Crippen LogP) is 12.1. The molecule has 0 radical (unpaired) electrons. The largest absolute Gasteiger partial charge is 0.455 e. The minimum absolute atomic E-state index is 0.0869. The molecule has 2 aromatic heterocycles. The van der Waals surface area contributed by atoms with Gasteiger partial charge in [-0.3, -0.25) is 0 Å². The van der Waals surface area contributed by atoms with E-state index in [1.54, 1.807) is 0 Å². The second-order valence-corrected chi connectivity index (χ2v) is 21.7. The number of fused-ring (bicyclic) bond motifs is 7. The molecule has 2 nitrogen and oxygen atoms in total. The fourth-order valence-corrected chi connectivity index (χ4v) is 15.3. The molecule has 59 heavy (non-hydrogen) atoms.